The second-order valence-electron chi connectivity index (χ2n) is 7.40. The van der Waals surface area contributed by atoms with Crippen molar-refractivity contribution in [2.24, 2.45) is 0 Å². The molecule has 3 aromatic rings. The van der Waals surface area contributed by atoms with Crippen LogP contribution in [-0.4, -0.2) is 37.3 Å². The van der Waals surface area contributed by atoms with Crippen molar-refractivity contribution in [3.8, 4) is 0 Å². The molecule has 0 aliphatic rings. The predicted molar refractivity (Wildman–Crippen MR) is 130 cm³/mol. The minimum atomic E-state index is -0.565. The molecule has 0 bridgehead atoms. The fourth-order valence-corrected chi connectivity index (χ4v) is 4.09. The Balaban J connectivity index is 1.64. The summed E-state index contributed by atoms with van der Waals surface area (Å²) in [6.07, 6.45) is 0. The van der Waals surface area contributed by atoms with Gasteiger partial charge in [0.25, 0.3) is 11.6 Å². The van der Waals surface area contributed by atoms with Gasteiger partial charge in [-0.3, -0.25) is 19.7 Å². The zero-order chi connectivity index (χ0) is 24.8. The van der Waals surface area contributed by atoms with Crippen LogP contribution in [0, 0.1) is 17.0 Å². The van der Waals surface area contributed by atoms with Crippen LogP contribution >= 0.6 is 23.4 Å². The Bertz CT molecular complexity index is 1210. The number of thioether (sulfide) groups is 1. The number of nitrogens with one attached hydrogen (secondary N) is 2. The van der Waals surface area contributed by atoms with E-state index in [2.05, 4.69) is 20.8 Å². The van der Waals surface area contributed by atoms with Gasteiger partial charge < -0.3 is 15.2 Å². The van der Waals surface area contributed by atoms with Crippen LogP contribution in [0.2, 0.25) is 5.02 Å². The summed E-state index contributed by atoms with van der Waals surface area (Å²) in [7, 11) is 0. The second kappa shape index (κ2) is 11.1. The Morgan fingerprint density at radius 2 is 1.91 bits per heavy atom. The van der Waals surface area contributed by atoms with Gasteiger partial charge in [-0.05, 0) is 39.0 Å². The van der Waals surface area contributed by atoms with Crippen molar-refractivity contribution in [2.45, 2.75) is 38.5 Å². The number of carbonyl (C=O) groups is 2. The maximum atomic E-state index is 12.5. The molecule has 12 heteroatoms. The van der Waals surface area contributed by atoms with Gasteiger partial charge in [-0.15, -0.1) is 10.2 Å². The van der Waals surface area contributed by atoms with Crippen LogP contribution in [0.3, 0.4) is 0 Å². The summed E-state index contributed by atoms with van der Waals surface area (Å²) in [4.78, 5) is 35.3. The van der Waals surface area contributed by atoms with Crippen LogP contribution in [-0.2, 0) is 11.3 Å². The Kier molecular flexibility index (Phi) is 8.24. The van der Waals surface area contributed by atoms with Crippen molar-refractivity contribution < 1.29 is 14.5 Å². The molecule has 3 rings (SSSR count). The quantitative estimate of drug-likeness (QED) is 0.252. The van der Waals surface area contributed by atoms with Gasteiger partial charge in [0.05, 0.1) is 27.4 Å². The highest BCUT2D eigenvalue weighted by Gasteiger charge is 2.20. The number of nitro groups is 1. The number of non-ortho nitro benzene ring substituents is 1. The van der Waals surface area contributed by atoms with Crippen LogP contribution < -0.4 is 10.6 Å². The molecule has 2 aromatic carbocycles. The normalized spacial score (nSPS) is 11.6. The molecular formula is C22H23ClN6O4S. The SMILES string of the molecule is CCn1c(SCC(=O)Nc2cc([N+](=O)[O-])ccc2Cl)nnc1[C@H](C)NC(=O)c1ccc(C)cc1. The van der Waals surface area contributed by atoms with E-state index in [9.17, 15) is 19.7 Å². The second-order valence-corrected chi connectivity index (χ2v) is 8.75. The lowest BCUT2D eigenvalue weighted by molar-refractivity contribution is -0.384. The number of nitro benzene ring substituents is 1. The van der Waals surface area contributed by atoms with Gasteiger partial charge in [-0.25, -0.2) is 0 Å². The highest BCUT2D eigenvalue weighted by Crippen LogP contribution is 2.27. The minimum absolute atomic E-state index is 0.0126. The Morgan fingerprint density at radius 1 is 1.21 bits per heavy atom. The van der Waals surface area contributed by atoms with Crippen LogP contribution in [0.15, 0.2) is 47.6 Å². The van der Waals surface area contributed by atoms with Crippen molar-refractivity contribution in [3.63, 3.8) is 0 Å². The van der Waals surface area contributed by atoms with Gasteiger partial charge in [0.1, 0.15) is 0 Å². The Morgan fingerprint density at radius 3 is 2.56 bits per heavy atom. The number of anilines is 1. The number of aryl methyl sites for hydroxylation is 1. The van der Waals surface area contributed by atoms with E-state index in [0.717, 1.165) is 17.3 Å². The van der Waals surface area contributed by atoms with Crippen LogP contribution in [0.25, 0.3) is 0 Å². The number of hydrogen-bond donors (Lipinski definition) is 2. The van der Waals surface area contributed by atoms with Crippen LogP contribution in [0.4, 0.5) is 11.4 Å². The number of carbonyl (C=O) groups excluding carboxylic acids is 2. The zero-order valence-electron chi connectivity index (χ0n) is 18.7. The third-order valence-corrected chi connectivity index (χ3v) is 6.17. The van der Waals surface area contributed by atoms with Gasteiger partial charge in [0, 0.05) is 24.2 Å². The first kappa shape index (κ1) is 25.2. The molecule has 0 unspecified atom stereocenters. The van der Waals surface area contributed by atoms with Crippen molar-refractivity contribution in [3.05, 3.63) is 74.6 Å². The topological polar surface area (TPSA) is 132 Å². The summed E-state index contributed by atoms with van der Waals surface area (Å²) < 4.78 is 1.82. The van der Waals surface area contributed by atoms with Crippen molar-refractivity contribution in [1.29, 1.82) is 0 Å². The van der Waals surface area contributed by atoms with E-state index < -0.39 is 16.9 Å². The molecule has 0 saturated carbocycles. The standard InChI is InChI=1S/C22H23ClN6O4S/c1-4-28-20(14(3)24-21(31)15-7-5-13(2)6-8-15)26-27-22(28)34-12-19(30)25-18-11-16(29(32)33)9-10-17(18)23/h5-11,14H,4,12H2,1-3H3,(H,24,31)(H,25,30)/t14-/m0/s1. The van der Waals surface area contributed by atoms with Gasteiger partial charge in [0.15, 0.2) is 11.0 Å². The summed E-state index contributed by atoms with van der Waals surface area (Å²) in [5.74, 6) is -0.0742. The number of rotatable bonds is 9. The lowest BCUT2D eigenvalue weighted by atomic mass is 10.1. The van der Waals surface area contributed by atoms with E-state index in [-0.39, 0.29) is 28.1 Å². The van der Waals surface area contributed by atoms with E-state index >= 15 is 0 Å². The third-order valence-electron chi connectivity index (χ3n) is 4.88. The van der Waals surface area contributed by atoms with Gasteiger partial charge >= 0.3 is 0 Å². The average molecular weight is 503 g/mol. The van der Waals surface area contributed by atoms with E-state index in [1.165, 1.54) is 18.2 Å². The molecular weight excluding hydrogens is 480 g/mol. The predicted octanol–water partition coefficient (Wildman–Crippen LogP) is 4.39. The molecule has 2 amide bonds. The molecule has 0 spiro atoms. The van der Waals surface area contributed by atoms with Gasteiger partial charge in [0.2, 0.25) is 5.91 Å². The summed E-state index contributed by atoms with van der Waals surface area (Å²) in [5.41, 5.74) is 1.59. The molecule has 10 nitrogen and oxygen atoms in total. The molecule has 34 heavy (non-hydrogen) atoms. The summed E-state index contributed by atoms with van der Waals surface area (Å²) in [6, 6.07) is 10.7. The molecule has 1 aromatic heterocycles. The molecule has 0 fully saturated rings. The Hall–Kier alpha value is -3.44. The number of nitrogens with zero attached hydrogens (tertiary/aromatic N) is 4. The largest absolute Gasteiger partial charge is 0.342 e. The monoisotopic (exact) mass is 502 g/mol. The van der Waals surface area contributed by atoms with E-state index in [4.69, 9.17) is 11.6 Å². The molecule has 2 N–H and O–H groups in total. The van der Waals surface area contributed by atoms with Crippen LogP contribution in [0.1, 0.15) is 41.6 Å². The van der Waals surface area contributed by atoms with E-state index in [1.54, 1.807) is 12.1 Å². The van der Waals surface area contributed by atoms with Crippen molar-refractivity contribution in [1.82, 2.24) is 20.1 Å². The first-order valence-corrected chi connectivity index (χ1v) is 11.7. The molecule has 0 aliphatic carbocycles. The minimum Gasteiger partial charge on any atom is -0.342 e. The number of hydrogen-bond acceptors (Lipinski definition) is 7. The summed E-state index contributed by atoms with van der Waals surface area (Å²) in [6.45, 7) is 6.21. The Labute approximate surface area is 205 Å². The number of halogens is 1. The smallest absolute Gasteiger partial charge is 0.271 e. The first-order valence-electron chi connectivity index (χ1n) is 10.4. The van der Waals surface area contributed by atoms with E-state index in [0.29, 0.717) is 23.1 Å². The van der Waals surface area contributed by atoms with Gasteiger partial charge in [-0.1, -0.05) is 41.1 Å². The first-order chi connectivity index (χ1) is 16.2. The fourth-order valence-electron chi connectivity index (χ4n) is 3.11. The maximum absolute atomic E-state index is 12.5. The van der Waals surface area contributed by atoms with E-state index in [1.807, 2.05) is 37.5 Å². The summed E-state index contributed by atoms with van der Waals surface area (Å²) in [5, 5.41) is 25.5. The fraction of sp³-hybridized carbons (Fsp3) is 0.273. The maximum Gasteiger partial charge on any atom is 0.271 e. The lowest BCUT2D eigenvalue weighted by Crippen LogP contribution is -2.28. The number of aromatic nitrogens is 3. The molecule has 0 aliphatic heterocycles. The molecule has 0 radical (unpaired) electrons. The van der Waals surface area contributed by atoms with Crippen molar-refractivity contribution >= 4 is 46.6 Å². The number of amides is 2. The highest BCUT2D eigenvalue weighted by atomic mass is 35.5. The summed E-state index contributed by atoms with van der Waals surface area (Å²) >= 11 is 7.19. The van der Waals surface area contributed by atoms with Crippen molar-refractivity contribution in [2.75, 3.05) is 11.1 Å². The molecule has 178 valence electrons. The van der Waals surface area contributed by atoms with Gasteiger partial charge in [-0.2, -0.15) is 0 Å². The highest BCUT2D eigenvalue weighted by molar-refractivity contribution is 7.99. The molecule has 0 saturated heterocycles. The zero-order valence-corrected chi connectivity index (χ0v) is 20.3. The average Bonchev–Trinajstić information content (AvgIpc) is 3.22. The third kappa shape index (κ3) is 6.12. The molecule has 1 atom stereocenters. The molecule has 1 heterocycles. The number of benzene rings is 2. The lowest BCUT2D eigenvalue weighted by Gasteiger charge is -2.15. The van der Waals surface area contributed by atoms with Crippen LogP contribution in [0.5, 0.6) is 0 Å².